The quantitative estimate of drug-likeness (QED) is 0.429. The summed E-state index contributed by atoms with van der Waals surface area (Å²) in [5, 5.41) is 22.8. The number of carbonyl (C=O) groups is 2. The number of aromatic nitrogens is 2. The number of nitrogens with zero attached hydrogens (tertiary/aromatic N) is 3. The normalized spacial score (nSPS) is 12.5. The third-order valence-electron chi connectivity index (χ3n) is 4.13. The molecule has 8 nitrogen and oxygen atoms in total. The van der Waals surface area contributed by atoms with E-state index in [4.69, 9.17) is 4.74 Å². The number of ether oxygens (including phenoxy) is 1. The minimum absolute atomic E-state index is 0.197. The van der Waals surface area contributed by atoms with Gasteiger partial charge in [-0.2, -0.15) is 5.10 Å². The van der Waals surface area contributed by atoms with Crippen LogP contribution in [0, 0.1) is 0 Å². The fourth-order valence-corrected chi connectivity index (χ4v) is 5.67. The zero-order chi connectivity index (χ0) is 22.8. The van der Waals surface area contributed by atoms with Crippen LogP contribution in [-0.2, 0) is 17.7 Å². The maximum Gasteiger partial charge on any atom is 0.412 e. The highest BCUT2D eigenvalue weighted by Gasteiger charge is 2.24. The Balaban J connectivity index is 1.86. The van der Waals surface area contributed by atoms with E-state index in [0.717, 1.165) is 18.9 Å². The number of amides is 2. The van der Waals surface area contributed by atoms with Crippen LogP contribution >= 0.6 is 38.6 Å². The first-order chi connectivity index (χ1) is 14.5. The molecule has 0 radical (unpaired) electrons. The van der Waals surface area contributed by atoms with Gasteiger partial charge in [-0.25, -0.2) is 9.59 Å². The van der Waals surface area contributed by atoms with Crippen molar-refractivity contribution in [1.82, 2.24) is 15.5 Å². The van der Waals surface area contributed by atoms with Crippen molar-refractivity contribution in [1.29, 1.82) is 0 Å². The van der Waals surface area contributed by atoms with Gasteiger partial charge in [-0.05, 0) is 55.1 Å². The highest BCUT2D eigenvalue weighted by Crippen LogP contribution is 2.40. The van der Waals surface area contributed by atoms with E-state index in [1.165, 1.54) is 33.8 Å². The van der Waals surface area contributed by atoms with Gasteiger partial charge in [0.05, 0.1) is 27.6 Å². The van der Waals surface area contributed by atoms with E-state index in [9.17, 15) is 14.7 Å². The fraction of sp³-hybridized carbons (Fsp3) is 0.400. The monoisotopic (exact) mass is 526 g/mol. The maximum atomic E-state index is 12.1. The van der Waals surface area contributed by atoms with Crippen LogP contribution in [-0.4, -0.2) is 39.1 Å². The van der Waals surface area contributed by atoms with Gasteiger partial charge < -0.3 is 15.2 Å². The molecule has 3 rings (SSSR count). The first-order valence-electron chi connectivity index (χ1n) is 9.50. The van der Waals surface area contributed by atoms with Gasteiger partial charge in [0.15, 0.2) is 0 Å². The average Bonchev–Trinajstić information content (AvgIpc) is 3.26. The minimum Gasteiger partial charge on any atom is -0.465 e. The molecule has 2 amide bonds. The number of nitrogens with one attached hydrogen (secondary N) is 1. The van der Waals surface area contributed by atoms with Crippen LogP contribution in [0.4, 0.5) is 15.3 Å². The minimum atomic E-state index is -1.06. The van der Waals surface area contributed by atoms with E-state index in [2.05, 4.69) is 31.4 Å². The molecular weight excluding hydrogens is 504 g/mol. The molecule has 0 saturated heterocycles. The van der Waals surface area contributed by atoms with E-state index in [1.807, 2.05) is 45.2 Å². The molecule has 0 fully saturated rings. The Bertz CT molecular complexity index is 1080. The van der Waals surface area contributed by atoms with Crippen molar-refractivity contribution in [2.24, 2.45) is 0 Å². The molecule has 0 aromatic carbocycles. The number of alkyl carbamates (subject to hydrolysis) is 1. The van der Waals surface area contributed by atoms with Crippen molar-refractivity contribution in [3.63, 3.8) is 0 Å². The lowest BCUT2D eigenvalue weighted by atomic mass is 10.2. The third-order valence-corrected chi connectivity index (χ3v) is 7.34. The van der Waals surface area contributed by atoms with Gasteiger partial charge in [0.2, 0.25) is 0 Å². The standard InChI is InChI=1S/C20H23BrN4O4S2/c1-11(23-18(26)29-20(2,3)4)8-14-15(21)16-17(31-14)13(9-22-24-16)25(19(27)28)10-12-6-5-7-30-12/h5-7,9,11H,8,10H2,1-4H3,(H,23,26)(H,27,28). The zero-order valence-corrected chi connectivity index (χ0v) is 20.7. The summed E-state index contributed by atoms with van der Waals surface area (Å²) in [5.74, 6) is 0. The van der Waals surface area contributed by atoms with Gasteiger partial charge in [-0.15, -0.1) is 27.8 Å². The SMILES string of the molecule is CC(Cc1sc2c(N(Cc3cccs3)C(=O)O)cnnc2c1Br)NC(=O)OC(C)(C)C. The van der Waals surface area contributed by atoms with E-state index in [0.29, 0.717) is 17.6 Å². The Hall–Kier alpha value is -2.24. The van der Waals surface area contributed by atoms with Crippen LogP contribution in [0.15, 0.2) is 28.2 Å². The Labute approximate surface area is 196 Å². The molecule has 11 heteroatoms. The topological polar surface area (TPSA) is 105 Å². The Morgan fingerprint density at radius 1 is 1.39 bits per heavy atom. The van der Waals surface area contributed by atoms with Crippen LogP contribution < -0.4 is 10.2 Å². The summed E-state index contributed by atoms with van der Waals surface area (Å²) in [6.45, 7) is 7.54. The van der Waals surface area contributed by atoms with Gasteiger partial charge in [-0.3, -0.25) is 4.90 Å². The number of fused-ring (bicyclic) bond motifs is 1. The molecule has 0 aliphatic carbocycles. The van der Waals surface area contributed by atoms with Crippen molar-refractivity contribution in [3.8, 4) is 0 Å². The molecule has 0 bridgehead atoms. The second-order valence-electron chi connectivity index (χ2n) is 7.95. The summed E-state index contributed by atoms with van der Waals surface area (Å²) in [7, 11) is 0. The van der Waals surface area contributed by atoms with Gasteiger partial charge in [-0.1, -0.05) is 6.07 Å². The van der Waals surface area contributed by atoms with Crippen LogP contribution in [0.5, 0.6) is 0 Å². The smallest absolute Gasteiger partial charge is 0.412 e. The average molecular weight is 527 g/mol. The summed E-state index contributed by atoms with van der Waals surface area (Å²) >= 11 is 6.51. The molecule has 0 aliphatic rings. The lowest BCUT2D eigenvalue weighted by Crippen LogP contribution is -2.38. The first-order valence-corrected chi connectivity index (χ1v) is 12.0. The molecule has 0 aliphatic heterocycles. The summed E-state index contributed by atoms with van der Waals surface area (Å²) in [6, 6.07) is 3.59. The maximum absolute atomic E-state index is 12.1. The predicted octanol–water partition coefficient (Wildman–Crippen LogP) is 5.66. The zero-order valence-electron chi connectivity index (χ0n) is 17.5. The van der Waals surface area contributed by atoms with E-state index in [1.54, 1.807) is 0 Å². The molecule has 31 heavy (non-hydrogen) atoms. The molecule has 166 valence electrons. The third kappa shape index (κ3) is 5.92. The molecule has 3 heterocycles. The van der Waals surface area contributed by atoms with Crippen molar-refractivity contribution in [2.45, 2.75) is 52.3 Å². The fourth-order valence-electron chi connectivity index (χ4n) is 2.89. The van der Waals surface area contributed by atoms with Crippen LogP contribution in [0.3, 0.4) is 0 Å². The highest BCUT2D eigenvalue weighted by atomic mass is 79.9. The molecule has 0 spiro atoms. The second-order valence-corrected chi connectivity index (χ2v) is 10.9. The lowest BCUT2D eigenvalue weighted by molar-refractivity contribution is 0.0508. The largest absolute Gasteiger partial charge is 0.465 e. The number of rotatable bonds is 6. The van der Waals surface area contributed by atoms with Crippen LogP contribution in [0.25, 0.3) is 10.2 Å². The number of anilines is 1. The highest BCUT2D eigenvalue weighted by molar-refractivity contribution is 9.10. The molecule has 1 atom stereocenters. The first kappa shape index (κ1) is 23.4. The van der Waals surface area contributed by atoms with E-state index < -0.39 is 17.8 Å². The Morgan fingerprint density at radius 2 is 2.13 bits per heavy atom. The molecule has 3 aromatic heterocycles. The number of thiophene rings is 2. The van der Waals surface area contributed by atoms with Crippen LogP contribution in [0.1, 0.15) is 37.4 Å². The summed E-state index contributed by atoms with van der Waals surface area (Å²) in [6.07, 6.45) is 0.455. The van der Waals surface area contributed by atoms with Crippen molar-refractivity contribution in [3.05, 3.63) is 37.9 Å². The van der Waals surface area contributed by atoms with Crippen molar-refractivity contribution >= 4 is 66.7 Å². The number of hydrogen-bond donors (Lipinski definition) is 2. The molecule has 2 N–H and O–H groups in total. The van der Waals surface area contributed by atoms with Crippen molar-refractivity contribution < 1.29 is 19.4 Å². The Morgan fingerprint density at radius 3 is 2.74 bits per heavy atom. The summed E-state index contributed by atoms with van der Waals surface area (Å²) in [4.78, 5) is 27.2. The van der Waals surface area contributed by atoms with E-state index in [-0.39, 0.29) is 12.6 Å². The van der Waals surface area contributed by atoms with Gasteiger partial charge in [0.1, 0.15) is 11.1 Å². The number of halogens is 1. The van der Waals surface area contributed by atoms with Gasteiger partial charge >= 0.3 is 12.2 Å². The number of hydrogen-bond acceptors (Lipinski definition) is 7. The van der Waals surface area contributed by atoms with E-state index >= 15 is 0 Å². The second kappa shape index (κ2) is 9.49. The molecular formula is C20H23BrN4O4S2. The number of carboxylic acid groups (broad SMARTS) is 1. The predicted molar refractivity (Wildman–Crippen MR) is 126 cm³/mol. The van der Waals surface area contributed by atoms with Gasteiger partial charge in [0, 0.05) is 22.2 Å². The number of carbonyl (C=O) groups excluding carboxylic acids is 1. The molecule has 0 saturated carbocycles. The summed E-state index contributed by atoms with van der Waals surface area (Å²) in [5.41, 5.74) is 0.505. The van der Waals surface area contributed by atoms with Gasteiger partial charge in [0.25, 0.3) is 0 Å². The van der Waals surface area contributed by atoms with Crippen molar-refractivity contribution in [2.75, 3.05) is 4.90 Å². The lowest BCUT2D eigenvalue weighted by Gasteiger charge is -2.21. The summed E-state index contributed by atoms with van der Waals surface area (Å²) < 4.78 is 6.78. The Kier molecular flexibility index (Phi) is 7.17. The van der Waals surface area contributed by atoms with Crippen LogP contribution in [0.2, 0.25) is 0 Å². The molecule has 3 aromatic rings. The molecule has 1 unspecified atom stereocenters.